The highest BCUT2D eigenvalue weighted by Crippen LogP contribution is 2.27. The van der Waals surface area contributed by atoms with Crippen molar-refractivity contribution in [3.05, 3.63) is 26.6 Å². The second kappa shape index (κ2) is 4.94. The van der Waals surface area contributed by atoms with Gasteiger partial charge in [0.05, 0.1) is 23.6 Å². The number of alkyl halides is 2. The molecule has 0 aliphatic heterocycles. The van der Waals surface area contributed by atoms with E-state index in [1.165, 1.54) is 6.07 Å². The molecule has 78 valence electrons. The van der Waals surface area contributed by atoms with Crippen LogP contribution in [0.25, 0.3) is 0 Å². The number of hydrogen-bond donors (Lipinski definition) is 2. The zero-order chi connectivity index (χ0) is 10.7. The highest BCUT2D eigenvalue weighted by Gasteiger charge is 2.18. The summed E-state index contributed by atoms with van der Waals surface area (Å²) in [5, 5.41) is 8.87. The van der Waals surface area contributed by atoms with Crippen molar-refractivity contribution in [2.45, 2.75) is 19.6 Å². The Kier molecular flexibility index (Phi) is 4.14. The van der Waals surface area contributed by atoms with E-state index < -0.39 is 13.0 Å². The van der Waals surface area contributed by atoms with Gasteiger partial charge in [-0.15, -0.1) is 0 Å². The normalized spacial score (nSPS) is 11.0. The molecule has 0 bridgehead atoms. The maximum absolute atomic E-state index is 12.5. The molecule has 0 unspecified atom stereocenters. The first-order chi connectivity index (χ1) is 6.60. The van der Waals surface area contributed by atoms with Gasteiger partial charge in [-0.2, -0.15) is 0 Å². The third-order valence-electron chi connectivity index (χ3n) is 1.72. The van der Waals surface area contributed by atoms with Crippen LogP contribution in [0.5, 0.6) is 0 Å². The van der Waals surface area contributed by atoms with Crippen LogP contribution in [0.2, 0.25) is 0 Å². The van der Waals surface area contributed by atoms with Gasteiger partial charge >= 0.3 is 0 Å². The molecule has 0 fully saturated rings. The van der Waals surface area contributed by atoms with E-state index in [1.807, 2.05) is 0 Å². The minimum absolute atomic E-state index is 0.00681. The van der Waals surface area contributed by atoms with Crippen molar-refractivity contribution in [1.29, 1.82) is 0 Å². The summed E-state index contributed by atoms with van der Waals surface area (Å²) in [6.07, 6.45) is -2.62. The van der Waals surface area contributed by atoms with Crippen LogP contribution in [0.4, 0.5) is 8.78 Å². The number of aliphatic hydroxyl groups excluding tert-OH is 1. The highest BCUT2D eigenvalue weighted by molar-refractivity contribution is 14.1. The maximum Gasteiger partial charge on any atom is 0.266 e. The fourth-order valence-electron chi connectivity index (χ4n) is 1.08. The molecule has 0 atom stereocenters. The highest BCUT2D eigenvalue weighted by atomic mass is 127. The molecule has 3 N–H and O–H groups in total. The summed E-state index contributed by atoms with van der Waals surface area (Å²) >= 11 is 1.79. The van der Waals surface area contributed by atoms with Crippen molar-refractivity contribution in [3.63, 3.8) is 0 Å². The molecule has 1 heterocycles. The van der Waals surface area contributed by atoms with E-state index in [9.17, 15) is 8.78 Å². The molecule has 6 heteroatoms. The Morgan fingerprint density at radius 3 is 2.64 bits per heavy atom. The van der Waals surface area contributed by atoms with Crippen molar-refractivity contribution in [1.82, 2.24) is 4.98 Å². The van der Waals surface area contributed by atoms with E-state index in [4.69, 9.17) is 10.8 Å². The van der Waals surface area contributed by atoms with Crippen LogP contribution in [0.1, 0.15) is 23.4 Å². The van der Waals surface area contributed by atoms with Gasteiger partial charge in [-0.05, 0) is 28.7 Å². The first-order valence-corrected chi connectivity index (χ1v) is 4.95. The molecular weight excluding hydrogens is 305 g/mol. The summed E-state index contributed by atoms with van der Waals surface area (Å²) in [5.74, 6) is 0. The average Bonchev–Trinajstić information content (AvgIpc) is 2.15. The molecule has 3 nitrogen and oxygen atoms in total. The van der Waals surface area contributed by atoms with Gasteiger partial charge < -0.3 is 10.8 Å². The van der Waals surface area contributed by atoms with Crippen LogP contribution in [-0.4, -0.2) is 10.1 Å². The predicted molar refractivity (Wildman–Crippen MR) is 55.7 cm³/mol. The Morgan fingerprint density at radius 2 is 2.21 bits per heavy atom. The fourth-order valence-corrected chi connectivity index (χ4v) is 1.99. The summed E-state index contributed by atoms with van der Waals surface area (Å²) in [7, 11) is 0. The van der Waals surface area contributed by atoms with Crippen molar-refractivity contribution in [2.75, 3.05) is 0 Å². The summed E-state index contributed by atoms with van der Waals surface area (Å²) < 4.78 is 25.4. The lowest BCUT2D eigenvalue weighted by Crippen LogP contribution is -2.08. The number of rotatable bonds is 3. The van der Waals surface area contributed by atoms with Gasteiger partial charge in [-0.25, -0.2) is 8.78 Å². The van der Waals surface area contributed by atoms with Gasteiger partial charge in [-0.3, -0.25) is 4.98 Å². The molecule has 0 spiro atoms. The van der Waals surface area contributed by atoms with E-state index >= 15 is 0 Å². The summed E-state index contributed by atoms with van der Waals surface area (Å²) in [6, 6.07) is 1.50. The van der Waals surface area contributed by atoms with Crippen LogP contribution in [0.15, 0.2) is 6.07 Å². The van der Waals surface area contributed by atoms with Crippen LogP contribution in [0, 0.1) is 3.57 Å². The van der Waals surface area contributed by atoms with Gasteiger partial charge in [0.2, 0.25) is 0 Å². The van der Waals surface area contributed by atoms with Gasteiger partial charge in [-0.1, -0.05) is 0 Å². The van der Waals surface area contributed by atoms with Gasteiger partial charge in [0.25, 0.3) is 6.43 Å². The fraction of sp³-hybridized carbons (Fsp3) is 0.375. The second-order valence-corrected chi connectivity index (χ2v) is 3.78. The topological polar surface area (TPSA) is 59.1 Å². The number of aliphatic hydroxyl groups is 1. The molecule has 0 aliphatic carbocycles. The molecule has 0 saturated heterocycles. The third kappa shape index (κ3) is 2.37. The summed E-state index contributed by atoms with van der Waals surface area (Å²) in [6.45, 7) is -0.323. The number of hydrogen-bond acceptors (Lipinski definition) is 3. The third-order valence-corrected chi connectivity index (χ3v) is 2.61. The SMILES string of the molecule is NCc1cc(I)c(C(F)F)c(CO)n1. The zero-order valence-electron chi connectivity index (χ0n) is 7.17. The molecule has 1 rings (SSSR count). The molecule has 0 amide bonds. The lowest BCUT2D eigenvalue weighted by atomic mass is 10.2. The van der Waals surface area contributed by atoms with Crippen LogP contribution in [0.3, 0.4) is 0 Å². The molecule has 0 aromatic carbocycles. The van der Waals surface area contributed by atoms with Crippen molar-refractivity contribution < 1.29 is 13.9 Å². The van der Waals surface area contributed by atoms with Crippen LogP contribution in [-0.2, 0) is 13.2 Å². The zero-order valence-corrected chi connectivity index (χ0v) is 9.33. The molecule has 1 aromatic heterocycles. The van der Waals surface area contributed by atoms with Crippen LogP contribution >= 0.6 is 22.6 Å². The molecular formula is C8H9F2IN2O. The van der Waals surface area contributed by atoms with Gasteiger partial charge in [0.1, 0.15) is 0 Å². The monoisotopic (exact) mass is 314 g/mol. The van der Waals surface area contributed by atoms with E-state index in [0.717, 1.165) is 0 Å². The Morgan fingerprint density at radius 1 is 1.57 bits per heavy atom. The van der Waals surface area contributed by atoms with Crippen molar-refractivity contribution in [3.8, 4) is 0 Å². The Balaban J connectivity index is 3.27. The molecule has 1 aromatic rings. The van der Waals surface area contributed by atoms with Gasteiger partial charge in [0.15, 0.2) is 0 Å². The molecule has 14 heavy (non-hydrogen) atoms. The van der Waals surface area contributed by atoms with Gasteiger partial charge in [0, 0.05) is 10.1 Å². The number of halogens is 3. The average molecular weight is 314 g/mol. The number of aromatic nitrogens is 1. The molecule has 0 aliphatic rings. The molecule has 0 saturated carbocycles. The predicted octanol–water partition coefficient (Wildman–Crippen LogP) is 1.57. The van der Waals surface area contributed by atoms with E-state index in [-0.39, 0.29) is 17.8 Å². The Bertz CT molecular complexity index is 333. The first kappa shape index (κ1) is 11.7. The number of pyridine rings is 1. The minimum atomic E-state index is -2.62. The van der Waals surface area contributed by atoms with E-state index in [1.54, 1.807) is 22.6 Å². The molecule has 0 radical (unpaired) electrons. The number of nitrogens with zero attached hydrogens (tertiary/aromatic N) is 1. The minimum Gasteiger partial charge on any atom is -0.390 e. The van der Waals surface area contributed by atoms with Crippen molar-refractivity contribution in [2.24, 2.45) is 5.73 Å². The number of nitrogens with two attached hydrogens (primary N) is 1. The quantitative estimate of drug-likeness (QED) is 0.833. The second-order valence-electron chi connectivity index (χ2n) is 2.62. The summed E-state index contributed by atoms with van der Waals surface area (Å²) in [4.78, 5) is 3.83. The first-order valence-electron chi connectivity index (χ1n) is 3.87. The summed E-state index contributed by atoms with van der Waals surface area (Å²) in [5.41, 5.74) is 5.64. The Hall–Kier alpha value is -0.340. The van der Waals surface area contributed by atoms with Crippen LogP contribution < -0.4 is 5.73 Å². The maximum atomic E-state index is 12.5. The Labute approximate surface area is 93.5 Å². The van der Waals surface area contributed by atoms with E-state index in [2.05, 4.69) is 4.98 Å². The lowest BCUT2D eigenvalue weighted by molar-refractivity contribution is 0.145. The van der Waals surface area contributed by atoms with E-state index in [0.29, 0.717) is 9.26 Å². The van der Waals surface area contributed by atoms with Crippen molar-refractivity contribution >= 4 is 22.6 Å². The largest absolute Gasteiger partial charge is 0.390 e. The standard InChI is InChI=1S/C8H9F2IN2O/c9-8(10)7-5(11)1-4(2-12)13-6(7)3-14/h1,8,14H,2-3,12H2. The lowest BCUT2D eigenvalue weighted by Gasteiger charge is -2.10. The smallest absolute Gasteiger partial charge is 0.266 e.